The van der Waals surface area contributed by atoms with Crippen LogP contribution in [0.25, 0.3) is 10.2 Å². The minimum Gasteiger partial charge on any atom is -0.378 e. The van der Waals surface area contributed by atoms with Crippen LogP contribution < -0.4 is 9.80 Å². The normalized spacial score (nSPS) is 13.7. The van der Waals surface area contributed by atoms with Crippen LogP contribution in [0.4, 0.5) is 16.5 Å². The average Bonchev–Trinajstić information content (AvgIpc) is 3.33. The van der Waals surface area contributed by atoms with Crippen LogP contribution >= 0.6 is 11.3 Å². The van der Waals surface area contributed by atoms with E-state index in [0.29, 0.717) is 42.8 Å². The van der Waals surface area contributed by atoms with Gasteiger partial charge in [0.25, 0.3) is 11.6 Å². The lowest BCUT2D eigenvalue weighted by atomic mass is 10.1. The number of benzene rings is 2. The molecule has 4 aromatic rings. The predicted octanol–water partition coefficient (Wildman–Crippen LogP) is 4.59. The highest BCUT2D eigenvalue weighted by Crippen LogP contribution is 2.34. The van der Waals surface area contributed by atoms with E-state index in [1.807, 2.05) is 48.2 Å². The molecule has 178 valence electrons. The number of morpholine rings is 1. The molecule has 0 radical (unpaired) electrons. The van der Waals surface area contributed by atoms with Crippen molar-refractivity contribution in [2.45, 2.75) is 13.5 Å². The molecule has 0 saturated carbocycles. The number of fused-ring (bicyclic) bond motifs is 1. The molecule has 2 aromatic heterocycles. The first kappa shape index (κ1) is 22.9. The highest BCUT2D eigenvalue weighted by Gasteiger charge is 2.27. The van der Waals surface area contributed by atoms with Crippen LogP contribution in [0.15, 0.2) is 60.8 Å². The van der Waals surface area contributed by atoms with Gasteiger partial charge in [0.2, 0.25) is 0 Å². The number of ether oxygens (including phenoxy) is 1. The molecule has 1 saturated heterocycles. The lowest BCUT2D eigenvalue weighted by Crippen LogP contribution is -2.36. The number of aromatic nitrogens is 2. The number of nitro groups is 1. The largest absolute Gasteiger partial charge is 0.378 e. The molecule has 5 rings (SSSR count). The van der Waals surface area contributed by atoms with E-state index in [1.54, 1.807) is 23.2 Å². The van der Waals surface area contributed by atoms with Gasteiger partial charge in [-0.1, -0.05) is 29.5 Å². The van der Waals surface area contributed by atoms with E-state index in [4.69, 9.17) is 9.72 Å². The molecular formula is C25H23N5O4S. The summed E-state index contributed by atoms with van der Waals surface area (Å²) in [6.45, 7) is 4.30. The molecule has 1 fully saturated rings. The number of hydrogen-bond donors (Lipinski definition) is 0. The maximum Gasteiger partial charge on any atom is 0.293 e. The number of carbonyl (C=O) groups is 1. The summed E-state index contributed by atoms with van der Waals surface area (Å²) in [5, 5.41) is 12.4. The van der Waals surface area contributed by atoms with Crippen LogP contribution in [0, 0.1) is 17.0 Å². The Hall–Kier alpha value is -3.89. The number of rotatable bonds is 6. The molecule has 0 spiro atoms. The summed E-state index contributed by atoms with van der Waals surface area (Å²) < 4.78 is 6.34. The minimum absolute atomic E-state index is 0.101. The zero-order valence-corrected chi connectivity index (χ0v) is 19.9. The number of hydrogen-bond acceptors (Lipinski definition) is 8. The second kappa shape index (κ2) is 9.77. The van der Waals surface area contributed by atoms with Crippen LogP contribution in [0.2, 0.25) is 0 Å². The van der Waals surface area contributed by atoms with Crippen LogP contribution in [0.3, 0.4) is 0 Å². The van der Waals surface area contributed by atoms with Crippen molar-refractivity contribution in [1.29, 1.82) is 0 Å². The summed E-state index contributed by atoms with van der Waals surface area (Å²) in [4.78, 5) is 37.8. The Kier molecular flexibility index (Phi) is 6.39. The van der Waals surface area contributed by atoms with Crippen LogP contribution in [-0.4, -0.2) is 47.1 Å². The molecule has 1 aliphatic rings. The summed E-state index contributed by atoms with van der Waals surface area (Å²) >= 11 is 1.41. The van der Waals surface area contributed by atoms with E-state index in [0.717, 1.165) is 15.8 Å². The van der Waals surface area contributed by atoms with Crippen LogP contribution in [0.1, 0.15) is 21.6 Å². The van der Waals surface area contributed by atoms with Gasteiger partial charge in [0.15, 0.2) is 5.13 Å². The Morgan fingerprint density at radius 3 is 2.71 bits per heavy atom. The third kappa shape index (κ3) is 4.71. The van der Waals surface area contributed by atoms with Crippen molar-refractivity contribution < 1.29 is 14.5 Å². The van der Waals surface area contributed by atoms with Crippen molar-refractivity contribution in [3.63, 3.8) is 0 Å². The fraction of sp³-hybridized carbons (Fsp3) is 0.240. The van der Waals surface area contributed by atoms with Crippen molar-refractivity contribution in [3.05, 3.63) is 87.7 Å². The lowest BCUT2D eigenvalue weighted by molar-refractivity contribution is -0.384. The number of pyridine rings is 1. The quantitative estimate of drug-likeness (QED) is 0.288. The number of anilines is 2. The lowest BCUT2D eigenvalue weighted by Gasteiger charge is -2.28. The Morgan fingerprint density at radius 1 is 1.17 bits per heavy atom. The summed E-state index contributed by atoms with van der Waals surface area (Å²) in [6.07, 6.45) is 1.67. The van der Waals surface area contributed by atoms with Crippen molar-refractivity contribution in [2.24, 2.45) is 0 Å². The zero-order chi connectivity index (χ0) is 24.4. The van der Waals surface area contributed by atoms with Crippen LogP contribution in [0.5, 0.6) is 0 Å². The van der Waals surface area contributed by atoms with Gasteiger partial charge in [-0.25, -0.2) is 4.98 Å². The van der Waals surface area contributed by atoms with Crippen molar-refractivity contribution in [3.8, 4) is 0 Å². The fourth-order valence-electron chi connectivity index (χ4n) is 4.10. The number of aryl methyl sites for hydroxylation is 1. The van der Waals surface area contributed by atoms with Crippen molar-refractivity contribution in [1.82, 2.24) is 9.97 Å². The Balaban J connectivity index is 1.55. The SMILES string of the molecule is Cc1cccc2sc(N(Cc3ccccn3)C(=O)c3ccc(N4CCOCC4)c([N+](=O)[O-])c3)nc12. The Labute approximate surface area is 205 Å². The maximum absolute atomic E-state index is 13.8. The Morgan fingerprint density at radius 2 is 2.00 bits per heavy atom. The van der Waals surface area contributed by atoms with Gasteiger partial charge in [-0.2, -0.15) is 0 Å². The van der Waals surface area contributed by atoms with Gasteiger partial charge in [0.1, 0.15) is 5.69 Å². The van der Waals surface area contributed by atoms with Crippen molar-refractivity contribution in [2.75, 3.05) is 36.1 Å². The molecule has 0 bridgehead atoms. The van der Waals surface area contributed by atoms with Gasteiger partial charge in [-0.15, -0.1) is 0 Å². The van der Waals surface area contributed by atoms with E-state index in [1.165, 1.54) is 17.4 Å². The second-order valence-corrected chi connectivity index (χ2v) is 9.20. The first-order valence-corrected chi connectivity index (χ1v) is 12.0. The molecule has 2 aromatic carbocycles. The third-order valence-electron chi connectivity index (χ3n) is 5.90. The molecule has 0 aliphatic carbocycles. The van der Waals surface area contributed by atoms with E-state index in [2.05, 4.69) is 4.98 Å². The first-order valence-electron chi connectivity index (χ1n) is 11.2. The number of para-hydroxylation sites is 1. The standard InChI is InChI=1S/C25H23N5O4S/c1-17-5-4-7-22-23(17)27-25(35-22)29(16-19-6-2-3-10-26-19)24(31)18-8-9-20(21(15-18)30(32)33)28-11-13-34-14-12-28/h2-10,15H,11-14,16H2,1H3. The topological polar surface area (TPSA) is 102 Å². The highest BCUT2D eigenvalue weighted by atomic mass is 32.1. The zero-order valence-electron chi connectivity index (χ0n) is 19.1. The molecule has 0 N–H and O–H groups in total. The van der Waals surface area contributed by atoms with E-state index in [-0.39, 0.29) is 23.7 Å². The number of nitro benzene ring substituents is 1. The third-order valence-corrected chi connectivity index (χ3v) is 6.95. The van der Waals surface area contributed by atoms with Gasteiger partial charge in [-0.05, 0) is 42.8 Å². The molecule has 1 aliphatic heterocycles. The molecule has 0 unspecified atom stereocenters. The Bertz CT molecular complexity index is 1390. The number of amides is 1. The van der Waals surface area contributed by atoms with Gasteiger partial charge in [-0.3, -0.25) is 24.8 Å². The van der Waals surface area contributed by atoms with Crippen molar-refractivity contribution >= 4 is 44.0 Å². The van der Waals surface area contributed by atoms with Crippen LogP contribution in [-0.2, 0) is 11.3 Å². The summed E-state index contributed by atoms with van der Waals surface area (Å²) in [7, 11) is 0. The van der Waals surface area contributed by atoms with Gasteiger partial charge in [0, 0.05) is 30.9 Å². The molecule has 1 amide bonds. The van der Waals surface area contributed by atoms with Gasteiger partial charge < -0.3 is 9.64 Å². The van der Waals surface area contributed by atoms with E-state index in [9.17, 15) is 14.9 Å². The monoisotopic (exact) mass is 489 g/mol. The minimum atomic E-state index is -0.439. The van der Waals surface area contributed by atoms with E-state index >= 15 is 0 Å². The summed E-state index contributed by atoms with van der Waals surface area (Å²) in [6, 6.07) is 16.1. The molecule has 35 heavy (non-hydrogen) atoms. The van der Waals surface area contributed by atoms with E-state index < -0.39 is 4.92 Å². The predicted molar refractivity (Wildman–Crippen MR) is 135 cm³/mol. The molecule has 0 atom stereocenters. The summed E-state index contributed by atoms with van der Waals surface area (Å²) in [5.41, 5.74) is 3.15. The highest BCUT2D eigenvalue weighted by molar-refractivity contribution is 7.22. The summed E-state index contributed by atoms with van der Waals surface area (Å²) in [5.74, 6) is -0.371. The number of thiazole rings is 1. The molecule has 10 heteroatoms. The fourth-order valence-corrected chi connectivity index (χ4v) is 5.14. The first-order chi connectivity index (χ1) is 17.0. The molecule has 9 nitrogen and oxygen atoms in total. The smallest absolute Gasteiger partial charge is 0.293 e. The molecule has 3 heterocycles. The second-order valence-electron chi connectivity index (χ2n) is 8.19. The number of carbonyl (C=O) groups excluding carboxylic acids is 1. The number of nitrogens with zero attached hydrogens (tertiary/aromatic N) is 5. The van der Waals surface area contributed by atoms with Gasteiger partial charge in [0.05, 0.1) is 40.6 Å². The molecular weight excluding hydrogens is 466 g/mol. The maximum atomic E-state index is 13.8. The average molecular weight is 490 g/mol. The van der Waals surface area contributed by atoms with Gasteiger partial charge >= 0.3 is 0 Å².